The third-order valence-corrected chi connectivity index (χ3v) is 3.30. The van der Waals surface area contributed by atoms with Crippen LogP contribution in [0.4, 0.5) is 0 Å². The van der Waals surface area contributed by atoms with Crippen molar-refractivity contribution in [1.82, 2.24) is 0 Å². The zero-order valence-electron chi connectivity index (χ0n) is 8.40. The van der Waals surface area contributed by atoms with Crippen LogP contribution in [0.15, 0.2) is 24.3 Å². The van der Waals surface area contributed by atoms with Crippen LogP contribution in [-0.4, -0.2) is 15.8 Å². The third-order valence-electron chi connectivity index (χ3n) is 3.30. The van der Waals surface area contributed by atoms with Gasteiger partial charge in [-0.1, -0.05) is 31.2 Å². The molecule has 0 radical (unpaired) electrons. The molecule has 1 aromatic carbocycles. The second-order valence-corrected chi connectivity index (χ2v) is 4.06. The molecule has 1 aliphatic rings. The average Bonchev–Trinajstić information content (AvgIpc) is 2.24. The van der Waals surface area contributed by atoms with E-state index in [2.05, 4.69) is 0 Å². The first-order chi connectivity index (χ1) is 6.67. The van der Waals surface area contributed by atoms with E-state index in [9.17, 15) is 10.2 Å². The van der Waals surface area contributed by atoms with E-state index in [4.69, 9.17) is 0 Å². The van der Waals surface area contributed by atoms with Crippen LogP contribution >= 0.6 is 0 Å². The van der Waals surface area contributed by atoms with Crippen LogP contribution in [0.3, 0.4) is 0 Å². The number of aryl methyl sites for hydroxylation is 1. The standard InChI is InChI=1S/C12H16O2/c1-2-12(14)8-7-9-5-3-4-6-10(9)11(12)13/h3-6,11,13-14H,2,7-8H2,1H3/t11-,12-/m1/s1. The number of fused-ring (bicyclic) bond motifs is 1. The second kappa shape index (κ2) is 3.37. The maximum absolute atomic E-state index is 10.1. The van der Waals surface area contributed by atoms with Gasteiger partial charge in [0.25, 0.3) is 0 Å². The fraction of sp³-hybridized carbons (Fsp3) is 0.500. The average molecular weight is 192 g/mol. The van der Waals surface area contributed by atoms with Crippen LogP contribution < -0.4 is 0 Å². The van der Waals surface area contributed by atoms with E-state index in [0.717, 1.165) is 17.5 Å². The van der Waals surface area contributed by atoms with E-state index < -0.39 is 11.7 Å². The molecule has 2 heteroatoms. The highest BCUT2D eigenvalue weighted by molar-refractivity contribution is 5.33. The SMILES string of the molecule is CC[C@@]1(O)CCc2ccccc2[C@H]1O. The molecule has 0 saturated heterocycles. The number of aliphatic hydroxyl groups excluding tert-OH is 1. The van der Waals surface area contributed by atoms with Crippen molar-refractivity contribution in [1.29, 1.82) is 0 Å². The lowest BCUT2D eigenvalue weighted by atomic mass is 9.77. The maximum Gasteiger partial charge on any atom is 0.108 e. The molecule has 2 rings (SSSR count). The summed E-state index contributed by atoms with van der Waals surface area (Å²) in [6, 6.07) is 7.80. The van der Waals surface area contributed by atoms with E-state index in [-0.39, 0.29) is 0 Å². The highest BCUT2D eigenvalue weighted by Gasteiger charge is 2.38. The van der Waals surface area contributed by atoms with Crippen LogP contribution in [0, 0.1) is 0 Å². The fourth-order valence-corrected chi connectivity index (χ4v) is 2.18. The molecule has 2 nitrogen and oxygen atoms in total. The smallest absolute Gasteiger partial charge is 0.108 e. The summed E-state index contributed by atoms with van der Waals surface area (Å²) in [6.07, 6.45) is 1.39. The van der Waals surface area contributed by atoms with Crippen molar-refractivity contribution in [3.8, 4) is 0 Å². The Kier molecular flexibility index (Phi) is 2.33. The van der Waals surface area contributed by atoms with Gasteiger partial charge in [-0.2, -0.15) is 0 Å². The number of hydrogen-bond donors (Lipinski definition) is 2. The largest absolute Gasteiger partial charge is 0.387 e. The molecule has 0 spiro atoms. The lowest BCUT2D eigenvalue weighted by Crippen LogP contribution is -2.39. The van der Waals surface area contributed by atoms with Gasteiger partial charge in [-0.15, -0.1) is 0 Å². The zero-order chi connectivity index (χ0) is 10.2. The van der Waals surface area contributed by atoms with Crippen LogP contribution in [-0.2, 0) is 6.42 Å². The molecule has 1 aliphatic carbocycles. The molecule has 0 aromatic heterocycles. The molecule has 14 heavy (non-hydrogen) atoms. The highest BCUT2D eigenvalue weighted by atomic mass is 16.3. The summed E-state index contributed by atoms with van der Waals surface area (Å²) in [5.41, 5.74) is 1.13. The number of hydrogen-bond acceptors (Lipinski definition) is 2. The predicted octanol–water partition coefficient (Wildman–Crippen LogP) is 1.81. The predicted molar refractivity (Wildman–Crippen MR) is 55.0 cm³/mol. The van der Waals surface area contributed by atoms with Gasteiger partial charge in [-0.05, 0) is 30.4 Å². The molecule has 1 aromatic rings. The molecule has 0 fully saturated rings. The lowest BCUT2D eigenvalue weighted by molar-refractivity contribution is -0.0911. The van der Waals surface area contributed by atoms with E-state index in [0.29, 0.717) is 12.8 Å². The van der Waals surface area contributed by atoms with Gasteiger partial charge >= 0.3 is 0 Å². The first-order valence-corrected chi connectivity index (χ1v) is 5.15. The first-order valence-electron chi connectivity index (χ1n) is 5.15. The molecule has 0 saturated carbocycles. The van der Waals surface area contributed by atoms with E-state index >= 15 is 0 Å². The third kappa shape index (κ3) is 1.35. The molecule has 0 bridgehead atoms. The van der Waals surface area contributed by atoms with Gasteiger partial charge in [0, 0.05) is 0 Å². The molecular weight excluding hydrogens is 176 g/mol. The normalized spacial score (nSPS) is 31.2. The Labute approximate surface area is 84.2 Å². The van der Waals surface area contributed by atoms with Gasteiger partial charge in [-0.3, -0.25) is 0 Å². The topological polar surface area (TPSA) is 40.5 Å². The van der Waals surface area contributed by atoms with Crippen molar-refractivity contribution in [3.63, 3.8) is 0 Å². The van der Waals surface area contributed by atoms with Gasteiger partial charge < -0.3 is 10.2 Å². The minimum atomic E-state index is -0.922. The van der Waals surface area contributed by atoms with E-state index in [1.54, 1.807) is 0 Å². The van der Waals surface area contributed by atoms with Crippen LogP contribution in [0.2, 0.25) is 0 Å². The van der Waals surface area contributed by atoms with Crippen molar-refractivity contribution >= 4 is 0 Å². The molecule has 2 N–H and O–H groups in total. The summed E-state index contributed by atoms with van der Waals surface area (Å²) >= 11 is 0. The molecule has 0 unspecified atom stereocenters. The molecule has 0 amide bonds. The Morgan fingerprint density at radius 3 is 2.86 bits per heavy atom. The fourth-order valence-electron chi connectivity index (χ4n) is 2.18. The Morgan fingerprint density at radius 2 is 2.14 bits per heavy atom. The molecule has 76 valence electrons. The summed E-state index contributed by atoms with van der Waals surface area (Å²) in [7, 11) is 0. The van der Waals surface area contributed by atoms with Crippen molar-refractivity contribution in [2.24, 2.45) is 0 Å². The Morgan fingerprint density at radius 1 is 1.43 bits per heavy atom. The summed E-state index contributed by atoms with van der Waals surface area (Å²) in [4.78, 5) is 0. The van der Waals surface area contributed by atoms with E-state index in [1.165, 1.54) is 0 Å². The molecule has 0 heterocycles. The summed E-state index contributed by atoms with van der Waals surface area (Å²) in [6.45, 7) is 1.91. The van der Waals surface area contributed by atoms with Crippen LogP contribution in [0.5, 0.6) is 0 Å². The van der Waals surface area contributed by atoms with Gasteiger partial charge in [0.05, 0.1) is 5.60 Å². The van der Waals surface area contributed by atoms with Crippen molar-refractivity contribution in [2.45, 2.75) is 37.9 Å². The summed E-state index contributed by atoms with van der Waals surface area (Å²) in [5.74, 6) is 0. The minimum absolute atomic E-state index is 0.600. The number of rotatable bonds is 1. The van der Waals surface area contributed by atoms with Gasteiger partial charge in [0.1, 0.15) is 6.10 Å². The molecule has 0 aliphatic heterocycles. The quantitative estimate of drug-likeness (QED) is 0.712. The van der Waals surface area contributed by atoms with Crippen LogP contribution in [0.1, 0.15) is 37.0 Å². The van der Waals surface area contributed by atoms with Gasteiger partial charge in [0.2, 0.25) is 0 Å². The highest BCUT2D eigenvalue weighted by Crippen LogP contribution is 2.39. The summed E-state index contributed by atoms with van der Waals surface area (Å²) < 4.78 is 0. The molecular formula is C12H16O2. The maximum atomic E-state index is 10.1. The Bertz CT molecular complexity index is 335. The Hall–Kier alpha value is -0.860. The minimum Gasteiger partial charge on any atom is -0.387 e. The van der Waals surface area contributed by atoms with Crippen molar-refractivity contribution in [3.05, 3.63) is 35.4 Å². The zero-order valence-corrected chi connectivity index (χ0v) is 8.40. The molecule has 2 atom stereocenters. The number of aliphatic hydroxyl groups is 2. The number of benzene rings is 1. The van der Waals surface area contributed by atoms with Crippen molar-refractivity contribution in [2.75, 3.05) is 0 Å². The van der Waals surface area contributed by atoms with E-state index in [1.807, 2.05) is 31.2 Å². The first kappa shape index (κ1) is 9.69. The lowest BCUT2D eigenvalue weighted by Gasteiger charge is -2.37. The summed E-state index contributed by atoms with van der Waals surface area (Å²) in [5, 5.41) is 20.2. The van der Waals surface area contributed by atoms with Crippen LogP contribution in [0.25, 0.3) is 0 Å². The van der Waals surface area contributed by atoms with Crippen molar-refractivity contribution < 1.29 is 10.2 Å². The Balaban J connectivity index is 2.41. The van der Waals surface area contributed by atoms with Gasteiger partial charge in [0.15, 0.2) is 0 Å². The second-order valence-electron chi connectivity index (χ2n) is 4.06. The monoisotopic (exact) mass is 192 g/mol. The van der Waals surface area contributed by atoms with Gasteiger partial charge in [-0.25, -0.2) is 0 Å².